The Morgan fingerprint density at radius 2 is 1.84 bits per heavy atom. The summed E-state index contributed by atoms with van der Waals surface area (Å²) in [4.78, 5) is 29.2. The summed E-state index contributed by atoms with van der Waals surface area (Å²) >= 11 is 0. The van der Waals surface area contributed by atoms with E-state index in [-0.39, 0.29) is 23.4 Å². The molecule has 2 aliphatic heterocycles. The Hall–Kier alpha value is -3.39. The van der Waals surface area contributed by atoms with Crippen molar-refractivity contribution in [3.05, 3.63) is 65.0 Å². The topological polar surface area (TPSA) is 79.3 Å². The monoisotopic (exact) mass is 440 g/mol. The molecule has 0 spiro atoms. The predicted octanol–water partition coefficient (Wildman–Crippen LogP) is 2.97. The fourth-order valence-electron chi connectivity index (χ4n) is 4.03. The Morgan fingerprint density at radius 1 is 1.12 bits per heavy atom. The number of hydrogen-bond acceptors (Lipinski definition) is 6. The lowest BCUT2D eigenvalue weighted by Crippen LogP contribution is -2.32. The molecule has 1 amide bonds. The number of nitrogens with zero attached hydrogens (tertiary/aromatic N) is 2. The molecule has 0 aliphatic carbocycles. The highest BCUT2D eigenvalue weighted by atomic mass is 19.1. The fourth-order valence-corrected chi connectivity index (χ4v) is 4.03. The van der Waals surface area contributed by atoms with Crippen LogP contribution in [-0.2, 0) is 9.59 Å². The van der Waals surface area contributed by atoms with Gasteiger partial charge in [0.1, 0.15) is 24.8 Å². The highest BCUT2D eigenvalue weighted by molar-refractivity contribution is 6.46. The first-order valence-electron chi connectivity index (χ1n) is 10.5. The van der Waals surface area contributed by atoms with E-state index in [0.29, 0.717) is 43.2 Å². The van der Waals surface area contributed by atoms with Crippen LogP contribution in [0.3, 0.4) is 0 Å². The van der Waals surface area contributed by atoms with E-state index in [9.17, 15) is 19.1 Å². The number of aliphatic hydroxyl groups excluding tert-OH is 1. The second kappa shape index (κ2) is 9.00. The van der Waals surface area contributed by atoms with Gasteiger partial charge in [-0.25, -0.2) is 4.39 Å². The van der Waals surface area contributed by atoms with Crippen LogP contribution in [0.4, 0.5) is 4.39 Å². The number of rotatable bonds is 6. The van der Waals surface area contributed by atoms with E-state index >= 15 is 0 Å². The highest BCUT2D eigenvalue weighted by Crippen LogP contribution is 2.41. The van der Waals surface area contributed by atoms with Crippen molar-refractivity contribution >= 4 is 17.4 Å². The van der Waals surface area contributed by atoms with Crippen molar-refractivity contribution < 1.29 is 28.6 Å². The van der Waals surface area contributed by atoms with Crippen LogP contribution in [0.15, 0.2) is 48.0 Å². The first-order chi connectivity index (χ1) is 15.4. The van der Waals surface area contributed by atoms with Crippen LogP contribution in [0, 0.1) is 5.82 Å². The zero-order valence-corrected chi connectivity index (χ0v) is 18.0. The van der Waals surface area contributed by atoms with Gasteiger partial charge in [0.15, 0.2) is 11.5 Å². The van der Waals surface area contributed by atoms with E-state index < -0.39 is 23.5 Å². The number of benzene rings is 2. The molecule has 4 rings (SSSR count). The Kier molecular flexibility index (Phi) is 6.14. The second-order valence-electron chi connectivity index (χ2n) is 8.03. The standard InChI is InChI=1S/C24H25FN2O5/c1-26(2)10-5-11-27-21(16-6-3-4-7-17(16)25)20(23(29)24(27)30)22(28)15-8-9-18-19(14-15)32-13-12-31-18/h3-4,6-9,14,21,28H,5,10-13H2,1-2H3. The van der Waals surface area contributed by atoms with Crippen molar-refractivity contribution in [3.63, 3.8) is 0 Å². The molecule has 32 heavy (non-hydrogen) atoms. The molecule has 1 fully saturated rings. The minimum atomic E-state index is -1.02. The van der Waals surface area contributed by atoms with Gasteiger partial charge < -0.3 is 24.4 Å². The van der Waals surface area contributed by atoms with E-state index in [4.69, 9.17) is 9.47 Å². The number of Topliss-reactive ketones (excluding diaryl/α,β-unsaturated/α-hetero) is 1. The van der Waals surface area contributed by atoms with Crippen molar-refractivity contribution in [2.45, 2.75) is 12.5 Å². The summed E-state index contributed by atoms with van der Waals surface area (Å²) in [7, 11) is 3.81. The third kappa shape index (κ3) is 4.05. The van der Waals surface area contributed by atoms with Crippen molar-refractivity contribution in [1.82, 2.24) is 9.80 Å². The molecule has 7 nitrogen and oxygen atoms in total. The molecule has 1 N–H and O–H groups in total. The summed E-state index contributed by atoms with van der Waals surface area (Å²) in [5.41, 5.74) is 0.319. The van der Waals surface area contributed by atoms with Crippen LogP contribution in [0.5, 0.6) is 11.5 Å². The van der Waals surface area contributed by atoms with E-state index in [1.165, 1.54) is 23.1 Å². The molecule has 8 heteroatoms. The molecular weight excluding hydrogens is 415 g/mol. The molecule has 2 aromatic carbocycles. The van der Waals surface area contributed by atoms with Crippen LogP contribution in [0.1, 0.15) is 23.6 Å². The molecule has 168 valence electrons. The maximum absolute atomic E-state index is 14.8. The Morgan fingerprint density at radius 3 is 2.56 bits per heavy atom. The molecule has 0 aromatic heterocycles. The molecule has 2 aliphatic rings. The van der Waals surface area contributed by atoms with E-state index in [2.05, 4.69) is 0 Å². The molecule has 2 heterocycles. The Labute approximate surface area is 185 Å². The van der Waals surface area contributed by atoms with Crippen LogP contribution in [0.2, 0.25) is 0 Å². The molecule has 0 radical (unpaired) electrons. The first-order valence-corrected chi connectivity index (χ1v) is 10.5. The third-order valence-electron chi connectivity index (χ3n) is 5.56. The summed E-state index contributed by atoms with van der Waals surface area (Å²) in [6.45, 7) is 1.72. The number of amides is 1. The van der Waals surface area contributed by atoms with Crippen molar-refractivity contribution in [2.24, 2.45) is 0 Å². The molecule has 0 bridgehead atoms. The minimum absolute atomic E-state index is 0.137. The zero-order chi connectivity index (χ0) is 22.8. The van der Waals surface area contributed by atoms with Gasteiger partial charge in [-0.05, 0) is 51.3 Å². The minimum Gasteiger partial charge on any atom is -0.507 e. The molecule has 1 saturated heterocycles. The average Bonchev–Trinajstić information content (AvgIpc) is 3.03. The smallest absolute Gasteiger partial charge is 0.295 e. The van der Waals surface area contributed by atoms with E-state index in [1.807, 2.05) is 19.0 Å². The molecular formula is C24H25FN2O5. The molecule has 1 unspecified atom stereocenters. The third-order valence-corrected chi connectivity index (χ3v) is 5.56. The Balaban J connectivity index is 1.80. The van der Waals surface area contributed by atoms with Gasteiger partial charge in [0.25, 0.3) is 11.7 Å². The van der Waals surface area contributed by atoms with Gasteiger partial charge >= 0.3 is 0 Å². The lowest BCUT2D eigenvalue weighted by atomic mass is 9.94. The number of carbonyl (C=O) groups is 2. The van der Waals surface area contributed by atoms with Crippen molar-refractivity contribution in [2.75, 3.05) is 40.4 Å². The summed E-state index contributed by atoms with van der Waals surface area (Å²) in [6, 6.07) is 9.74. The maximum Gasteiger partial charge on any atom is 0.295 e. The van der Waals surface area contributed by atoms with Gasteiger partial charge in [-0.1, -0.05) is 18.2 Å². The van der Waals surface area contributed by atoms with Gasteiger partial charge in [0.05, 0.1) is 11.6 Å². The highest BCUT2D eigenvalue weighted by Gasteiger charge is 2.46. The quantitative estimate of drug-likeness (QED) is 0.423. The van der Waals surface area contributed by atoms with Gasteiger partial charge in [0.2, 0.25) is 0 Å². The van der Waals surface area contributed by atoms with Gasteiger partial charge in [0, 0.05) is 17.7 Å². The SMILES string of the molecule is CN(C)CCCN1C(=O)C(=O)C(=C(O)c2ccc3c(c2)OCCO3)C1c1ccccc1F. The number of hydrogen-bond donors (Lipinski definition) is 1. The van der Waals surface area contributed by atoms with Crippen molar-refractivity contribution in [3.8, 4) is 11.5 Å². The van der Waals surface area contributed by atoms with Gasteiger partial charge in [-0.3, -0.25) is 9.59 Å². The summed E-state index contributed by atoms with van der Waals surface area (Å²) in [5.74, 6) is -1.55. The summed E-state index contributed by atoms with van der Waals surface area (Å²) in [5, 5.41) is 11.1. The predicted molar refractivity (Wildman–Crippen MR) is 116 cm³/mol. The summed E-state index contributed by atoms with van der Waals surface area (Å²) in [6.07, 6.45) is 0.592. The second-order valence-corrected chi connectivity index (χ2v) is 8.03. The van der Waals surface area contributed by atoms with Gasteiger partial charge in [-0.2, -0.15) is 0 Å². The lowest BCUT2D eigenvalue weighted by molar-refractivity contribution is -0.140. The average molecular weight is 440 g/mol. The van der Waals surface area contributed by atoms with Crippen LogP contribution in [0.25, 0.3) is 5.76 Å². The number of ether oxygens (including phenoxy) is 2. The van der Waals surface area contributed by atoms with Crippen molar-refractivity contribution in [1.29, 1.82) is 0 Å². The molecule has 1 atom stereocenters. The van der Waals surface area contributed by atoms with Crippen LogP contribution < -0.4 is 9.47 Å². The molecule has 2 aromatic rings. The van der Waals surface area contributed by atoms with E-state index in [1.54, 1.807) is 24.3 Å². The number of ketones is 1. The Bertz CT molecular complexity index is 1080. The maximum atomic E-state index is 14.8. The summed E-state index contributed by atoms with van der Waals surface area (Å²) < 4.78 is 25.9. The fraction of sp³-hybridized carbons (Fsp3) is 0.333. The first kappa shape index (κ1) is 21.8. The number of carbonyl (C=O) groups excluding carboxylic acids is 2. The van der Waals surface area contributed by atoms with Crippen LogP contribution in [-0.4, -0.2) is 67.0 Å². The van der Waals surface area contributed by atoms with Crippen LogP contribution >= 0.6 is 0 Å². The van der Waals surface area contributed by atoms with Gasteiger partial charge in [-0.15, -0.1) is 0 Å². The number of fused-ring (bicyclic) bond motifs is 1. The number of likely N-dealkylation sites (tertiary alicyclic amines) is 1. The van der Waals surface area contributed by atoms with E-state index in [0.717, 1.165) is 0 Å². The normalized spacial score (nSPS) is 19.6. The molecule has 0 saturated carbocycles. The number of aliphatic hydroxyl groups is 1. The lowest BCUT2D eigenvalue weighted by Gasteiger charge is -2.26. The largest absolute Gasteiger partial charge is 0.507 e. The zero-order valence-electron chi connectivity index (χ0n) is 18.0. The number of halogens is 1.